The smallest absolute Gasteiger partial charge is 0.240 e. The average Bonchev–Trinajstić information content (AvgIpc) is 2.55. The minimum absolute atomic E-state index is 0.0170. The molecule has 1 fully saturated rings. The first kappa shape index (κ1) is 16.6. The highest BCUT2D eigenvalue weighted by Gasteiger charge is 2.34. The molecule has 3 N–H and O–H groups in total. The molecule has 5 heteroatoms. The van der Waals surface area contributed by atoms with Gasteiger partial charge in [-0.15, -0.1) is 0 Å². The van der Waals surface area contributed by atoms with Crippen LogP contribution < -0.4 is 20.5 Å². The quantitative estimate of drug-likeness (QED) is 0.758. The Balaban J connectivity index is 1.63. The van der Waals surface area contributed by atoms with Crippen LogP contribution in [-0.4, -0.2) is 31.7 Å². The van der Waals surface area contributed by atoms with Crippen LogP contribution in [0.15, 0.2) is 24.3 Å². The highest BCUT2D eigenvalue weighted by atomic mass is 16.5. The van der Waals surface area contributed by atoms with Crippen molar-refractivity contribution in [3.8, 4) is 11.5 Å². The minimum Gasteiger partial charge on any atom is -0.497 e. The van der Waals surface area contributed by atoms with Gasteiger partial charge in [-0.1, -0.05) is 19.3 Å². The molecule has 2 rings (SSSR count). The van der Waals surface area contributed by atoms with E-state index in [0.717, 1.165) is 43.6 Å². The summed E-state index contributed by atoms with van der Waals surface area (Å²) < 4.78 is 10.7. The normalized spacial score (nSPS) is 16.8. The third-order valence-electron chi connectivity index (χ3n) is 4.13. The van der Waals surface area contributed by atoms with Gasteiger partial charge in [0.25, 0.3) is 0 Å². The lowest BCUT2D eigenvalue weighted by molar-refractivity contribution is -0.127. The monoisotopic (exact) mass is 306 g/mol. The predicted molar refractivity (Wildman–Crippen MR) is 86.1 cm³/mol. The van der Waals surface area contributed by atoms with Gasteiger partial charge in [-0.3, -0.25) is 4.79 Å². The Labute approximate surface area is 132 Å². The lowest BCUT2D eigenvalue weighted by atomic mass is 9.82. The third kappa shape index (κ3) is 4.63. The molecule has 22 heavy (non-hydrogen) atoms. The molecular weight excluding hydrogens is 280 g/mol. The first-order chi connectivity index (χ1) is 10.6. The van der Waals surface area contributed by atoms with Crippen molar-refractivity contribution in [3.63, 3.8) is 0 Å². The molecule has 1 aromatic carbocycles. The average molecular weight is 306 g/mol. The van der Waals surface area contributed by atoms with E-state index < -0.39 is 5.54 Å². The summed E-state index contributed by atoms with van der Waals surface area (Å²) in [5, 5.41) is 2.93. The van der Waals surface area contributed by atoms with E-state index in [1.165, 1.54) is 6.42 Å². The molecule has 0 unspecified atom stereocenters. The van der Waals surface area contributed by atoms with E-state index in [9.17, 15) is 4.79 Å². The lowest BCUT2D eigenvalue weighted by Crippen LogP contribution is -2.55. The zero-order valence-corrected chi connectivity index (χ0v) is 13.3. The molecule has 0 radical (unpaired) electrons. The van der Waals surface area contributed by atoms with Gasteiger partial charge in [0, 0.05) is 6.54 Å². The highest BCUT2D eigenvalue weighted by Crippen LogP contribution is 2.25. The molecule has 0 saturated heterocycles. The SMILES string of the molecule is COc1ccc(OCCCNC(=O)C2(N)CCCCC2)cc1. The van der Waals surface area contributed by atoms with Crippen molar-refractivity contribution in [2.24, 2.45) is 5.73 Å². The topological polar surface area (TPSA) is 73.6 Å². The van der Waals surface area contributed by atoms with Crippen LogP contribution in [0.2, 0.25) is 0 Å². The Morgan fingerprint density at radius 2 is 1.82 bits per heavy atom. The molecule has 0 heterocycles. The fourth-order valence-electron chi connectivity index (χ4n) is 2.72. The number of hydrogen-bond donors (Lipinski definition) is 2. The number of hydrogen-bond acceptors (Lipinski definition) is 4. The Morgan fingerprint density at radius 1 is 1.18 bits per heavy atom. The van der Waals surface area contributed by atoms with Crippen LogP contribution in [0.5, 0.6) is 11.5 Å². The summed E-state index contributed by atoms with van der Waals surface area (Å²) in [4.78, 5) is 12.1. The van der Waals surface area contributed by atoms with E-state index in [1.54, 1.807) is 7.11 Å². The van der Waals surface area contributed by atoms with E-state index in [1.807, 2.05) is 24.3 Å². The maximum absolute atomic E-state index is 12.1. The largest absolute Gasteiger partial charge is 0.497 e. The van der Waals surface area contributed by atoms with Gasteiger partial charge in [-0.2, -0.15) is 0 Å². The standard InChI is InChI=1S/C17H26N2O3/c1-21-14-6-8-15(9-7-14)22-13-5-12-19-16(20)17(18)10-3-2-4-11-17/h6-9H,2-5,10-13,18H2,1H3,(H,19,20). The van der Waals surface area contributed by atoms with Crippen molar-refractivity contribution < 1.29 is 14.3 Å². The number of methoxy groups -OCH3 is 1. The van der Waals surface area contributed by atoms with Crippen molar-refractivity contribution in [1.29, 1.82) is 0 Å². The molecule has 0 atom stereocenters. The summed E-state index contributed by atoms with van der Waals surface area (Å²) >= 11 is 0. The highest BCUT2D eigenvalue weighted by molar-refractivity contribution is 5.86. The first-order valence-electron chi connectivity index (χ1n) is 7.98. The van der Waals surface area contributed by atoms with Crippen LogP contribution in [0, 0.1) is 0 Å². The van der Waals surface area contributed by atoms with Crippen molar-refractivity contribution in [2.45, 2.75) is 44.1 Å². The zero-order valence-electron chi connectivity index (χ0n) is 13.3. The minimum atomic E-state index is -0.658. The number of carbonyl (C=O) groups excluding carboxylic acids is 1. The summed E-state index contributed by atoms with van der Waals surface area (Å²) in [5.74, 6) is 1.59. The van der Waals surface area contributed by atoms with Crippen LogP contribution in [-0.2, 0) is 4.79 Å². The molecule has 1 aliphatic carbocycles. The Bertz CT molecular complexity index is 467. The van der Waals surface area contributed by atoms with Crippen molar-refractivity contribution in [1.82, 2.24) is 5.32 Å². The maximum Gasteiger partial charge on any atom is 0.240 e. The molecule has 0 bridgehead atoms. The summed E-state index contributed by atoms with van der Waals surface area (Å²) in [7, 11) is 1.63. The van der Waals surface area contributed by atoms with Gasteiger partial charge in [0.1, 0.15) is 11.5 Å². The Hall–Kier alpha value is -1.75. The number of rotatable bonds is 7. The van der Waals surface area contributed by atoms with Crippen molar-refractivity contribution >= 4 is 5.91 Å². The lowest BCUT2D eigenvalue weighted by Gasteiger charge is -2.31. The second-order valence-electron chi connectivity index (χ2n) is 5.85. The number of nitrogens with one attached hydrogen (secondary N) is 1. The summed E-state index contributed by atoms with van der Waals surface area (Å²) in [6, 6.07) is 7.46. The van der Waals surface area contributed by atoms with Gasteiger partial charge in [-0.25, -0.2) is 0 Å². The number of ether oxygens (including phenoxy) is 2. The molecule has 0 aliphatic heterocycles. The van der Waals surface area contributed by atoms with Crippen molar-refractivity contribution in [3.05, 3.63) is 24.3 Å². The van der Waals surface area contributed by atoms with E-state index in [0.29, 0.717) is 13.2 Å². The fraction of sp³-hybridized carbons (Fsp3) is 0.588. The second-order valence-corrected chi connectivity index (χ2v) is 5.85. The van der Waals surface area contributed by atoms with E-state index in [4.69, 9.17) is 15.2 Å². The Morgan fingerprint density at radius 3 is 2.45 bits per heavy atom. The fourth-order valence-corrected chi connectivity index (χ4v) is 2.72. The van der Waals surface area contributed by atoms with E-state index >= 15 is 0 Å². The van der Waals surface area contributed by atoms with Crippen LogP contribution in [0.3, 0.4) is 0 Å². The summed E-state index contributed by atoms with van der Waals surface area (Å²) in [5.41, 5.74) is 5.52. The molecule has 0 spiro atoms. The predicted octanol–water partition coefficient (Wildman–Crippen LogP) is 2.24. The van der Waals surface area contributed by atoms with Gasteiger partial charge < -0.3 is 20.5 Å². The molecule has 0 aromatic heterocycles. The molecule has 122 valence electrons. The van der Waals surface area contributed by atoms with Gasteiger partial charge >= 0.3 is 0 Å². The molecule has 1 saturated carbocycles. The number of carbonyl (C=O) groups is 1. The van der Waals surface area contributed by atoms with Gasteiger partial charge in [0.15, 0.2) is 0 Å². The first-order valence-corrected chi connectivity index (χ1v) is 7.98. The summed E-state index contributed by atoms with van der Waals surface area (Å²) in [6.07, 6.45) is 5.62. The van der Waals surface area contributed by atoms with Gasteiger partial charge in [0.2, 0.25) is 5.91 Å². The van der Waals surface area contributed by atoms with E-state index in [2.05, 4.69) is 5.32 Å². The number of nitrogens with two attached hydrogens (primary N) is 1. The molecule has 5 nitrogen and oxygen atoms in total. The van der Waals surface area contributed by atoms with Gasteiger partial charge in [0.05, 0.1) is 19.3 Å². The van der Waals surface area contributed by atoms with Crippen molar-refractivity contribution in [2.75, 3.05) is 20.3 Å². The van der Waals surface area contributed by atoms with Crippen LogP contribution in [0.25, 0.3) is 0 Å². The number of benzene rings is 1. The van der Waals surface area contributed by atoms with Crippen LogP contribution in [0.1, 0.15) is 38.5 Å². The Kier molecular flexibility index (Phi) is 6.07. The third-order valence-corrected chi connectivity index (χ3v) is 4.13. The van der Waals surface area contributed by atoms with Gasteiger partial charge in [-0.05, 0) is 43.5 Å². The second kappa shape index (κ2) is 8.03. The maximum atomic E-state index is 12.1. The number of amides is 1. The molecular formula is C17H26N2O3. The zero-order chi connectivity index (χ0) is 15.8. The molecule has 1 amide bonds. The van der Waals surface area contributed by atoms with Crippen LogP contribution >= 0.6 is 0 Å². The molecule has 1 aliphatic rings. The van der Waals surface area contributed by atoms with Crippen LogP contribution in [0.4, 0.5) is 0 Å². The van der Waals surface area contributed by atoms with E-state index in [-0.39, 0.29) is 5.91 Å². The summed E-state index contributed by atoms with van der Waals surface area (Å²) in [6.45, 7) is 1.15. The molecule has 1 aromatic rings.